The Morgan fingerprint density at radius 3 is 2.38 bits per heavy atom. The van der Waals surface area contributed by atoms with Crippen molar-refractivity contribution in [3.8, 4) is 5.75 Å². The van der Waals surface area contributed by atoms with Crippen LogP contribution in [0.15, 0.2) is 66.7 Å². The molecule has 202 valence electrons. The molecule has 6 heteroatoms. The van der Waals surface area contributed by atoms with E-state index in [4.69, 9.17) is 9.47 Å². The Labute approximate surface area is 230 Å². The predicted molar refractivity (Wildman–Crippen MR) is 153 cm³/mol. The van der Waals surface area contributed by atoms with Crippen LogP contribution in [-0.2, 0) is 29.8 Å². The molecule has 39 heavy (non-hydrogen) atoms. The van der Waals surface area contributed by atoms with Crippen LogP contribution in [0, 0.1) is 5.92 Å². The minimum absolute atomic E-state index is 0.0890. The number of carbonyl (C=O) groups is 1. The number of benzene rings is 3. The molecule has 1 saturated carbocycles. The number of fused-ring (bicyclic) bond motifs is 3. The van der Waals surface area contributed by atoms with Crippen LogP contribution in [0.2, 0.25) is 0 Å². The first-order valence-electron chi connectivity index (χ1n) is 14.5. The van der Waals surface area contributed by atoms with Gasteiger partial charge in [0.05, 0.1) is 5.69 Å². The van der Waals surface area contributed by atoms with Gasteiger partial charge in [-0.15, -0.1) is 0 Å². The normalized spacial score (nSPS) is 24.8. The molecule has 3 aromatic rings. The maximum atomic E-state index is 13.5. The van der Waals surface area contributed by atoms with Gasteiger partial charge < -0.3 is 25.0 Å². The minimum atomic E-state index is -0.172. The van der Waals surface area contributed by atoms with Gasteiger partial charge in [-0.25, -0.2) is 4.79 Å². The number of carbonyl (C=O) groups excluding carboxylic acids is 1. The van der Waals surface area contributed by atoms with Crippen LogP contribution in [0.4, 0.5) is 16.2 Å². The van der Waals surface area contributed by atoms with Gasteiger partial charge in [0, 0.05) is 31.1 Å². The van der Waals surface area contributed by atoms with Crippen molar-refractivity contribution >= 4 is 17.5 Å². The van der Waals surface area contributed by atoms with Gasteiger partial charge in [-0.1, -0.05) is 73.5 Å². The van der Waals surface area contributed by atoms with Crippen LogP contribution in [0.1, 0.15) is 54.4 Å². The van der Waals surface area contributed by atoms with E-state index in [0.29, 0.717) is 19.1 Å². The summed E-state index contributed by atoms with van der Waals surface area (Å²) in [6.45, 7) is 3.36. The van der Waals surface area contributed by atoms with Crippen molar-refractivity contribution in [2.24, 2.45) is 5.92 Å². The van der Waals surface area contributed by atoms with Crippen LogP contribution in [0.5, 0.6) is 5.75 Å². The first-order valence-corrected chi connectivity index (χ1v) is 14.5. The van der Waals surface area contributed by atoms with E-state index in [1.165, 1.54) is 41.6 Å². The second kappa shape index (κ2) is 10.1. The first kappa shape index (κ1) is 24.4. The molecule has 1 saturated heterocycles. The van der Waals surface area contributed by atoms with Gasteiger partial charge in [0.2, 0.25) is 0 Å². The zero-order valence-corrected chi connectivity index (χ0v) is 22.5. The topological polar surface area (TPSA) is 62.8 Å². The van der Waals surface area contributed by atoms with Crippen LogP contribution in [-0.4, -0.2) is 36.7 Å². The fourth-order valence-corrected chi connectivity index (χ4v) is 7.75. The molecule has 2 bridgehead atoms. The molecule has 7 rings (SSSR count). The van der Waals surface area contributed by atoms with Crippen LogP contribution >= 0.6 is 0 Å². The maximum Gasteiger partial charge on any atom is 0.410 e. The SMILES string of the molecule is O=C(OCc1ccccc1)N1CC[C@@]23CCCC[C@@H]2[C@@H]1Cc1c3cc(OCc2ccccc2)c2c1NCCN2. The summed E-state index contributed by atoms with van der Waals surface area (Å²) in [6.07, 6.45) is 6.48. The fourth-order valence-electron chi connectivity index (χ4n) is 7.75. The van der Waals surface area contributed by atoms with Gasteiger partial charge in [-0.3, -0.25) is 0 Å². The third-order valence-electron chi connectivity index (χ3n) is 9.52. The molecule has 2 aliphatic carbocycles. The average molecular weight is 524 g/mol. The first-order chi connectivity index (χ1) is 19.2. The number of nitrogens with zero attached hydrogens (tertiary/aromatic N) is 1. The number of nitrogens with one attached hydrogen (secondary N) is 2. The summed E-state index contributed by atoms with van der Waals surface area (Å²) in [4.78, 5) is 15.5. The summed E-state index contributed by atoms with van der Waals surface area (Å²) in [5.74, 6) is 1.40. The molecule has 4 aliphatic rings. The lowest BCUT2D eigenvalue weighted by atomic mass is 9.52. The third-order valence-corrected chi connectivity index (χ3v) is 9.52. The zero-order valence-electron chi connectivity index (χ0n) is 22.5. The summed E-state index contributed by atoms with van der Waals surface area (Å²) in [7, 11) is 0. The highest BCUT2D eigenvalue weighted by molar-refractivity contribution is 5.83. The highest BCUT2D eigenvalue weighted by atomic mass is 16.6. The lowest BCUT2D eigenvalue weighted by Gasteiger charge is -2.59. The van der Waals surface area contributed by atoms with Gasteiger partial charge in [0.1, 0.15) is 24.7 Å². The van der Waals surface area contributed by atoms with Crippen molar-refractivity contribution < 1.29 is 14.3 Å². The van der Waals surface area contributed by atoms with E-state index in [2.05, 4.69) is 45.9 Å². The monoisotopic (exact) mass is 523 g/mol. The summed E-state index contributed by atoms with van der Waals surface area (Å²) in [6, 6.07) is 22.9. The van der Waals surface area contributed by atoms with Gasteiger partial charge in [0.15, 0.2) is 0 Å². The van der Waals surface area contributed by atoms with Gasteiger partial charge >= 0.3 is 6.09 Å². The molecule has 0 radical (unpaired) electrons. The second-order valence-corrected chi connectivity index (χ2v) is 11.5. The number of hydrogen-bond acceptors (Lipinski definition) is 5. The molecular formula is C33H37N3O3. The molecule has 6 nitrogen and oxygen atoms in total. The van der Waals surface area contributed by atoms with Crippen molar-refractivity contribution in [1.82, 2.24) is 4.90 Å². The maximum absolute atomic E-state index is 13.5. The Morgan fingerprint density at radius 1 is 0.897 bits per heavy atom. The van der Waals surface area contributed by atoms with Crippen LogP contribution in [0.3, 0.4) is 0 Å². The van der Waals surface area contributed by atoms with Crippen molar-refractivity contribution in [3.05, 3.63) is 89.0 Å². The molecule has 2 fully saturated rings. The summed E-state index contributed by atoms with van der Waals surface area (Å²) in [5.41, 5.74) is 7.35. The third kappa shape index (κ3) is 4.30. The van der Waals surface area contributed by atoms with E-state index in [0.717, 1.165) is 55.9 Å². The fraction of sp³-hybridized carbons (Fsp3) is 0.424. The van der Waals surface area contributed by atoms with Crippen molar-refractivity contribution in [1.29, 1.82) is 0 Å². The molecule has 3 atom stereocenters. The van der Waals surface area contributed by atoms with Crippen molar-refractivity contribution in [3.63, 3.8) is 0 Å². The quantitative estimate of drug-likeness (QED) is 0.400. The Hall–Kier alpha value is -3.67. The van der Waals surface area contributed by atoms with Crippen LogP contribution < -0.4 is 15.4 Å². The number of hydrogen-bond donors (Lipinski definition) is 2. The summed E-state index contributed by atoms with van der Waals surface area (Å²) >= 11 is 0. The van der Waals surface area contributed by atoms with E-state index in [-0.39, 0.29) is 17.6 Å². The van der Waals surface area contributed by atoms with E-state index in [9.17, 15) is 4.79 Å². The molecule has 1 amide bonds. The highest BCUT2D eigenvalue weighted by Gasteiger charge is 2.56. The van der Waals surface area contributed by atoms with Gasteiger partial charge in [0.25, 0.3) is 0 Å². The standard InChI is InChI=1S/C33H37N3O3/c37-32(39-22-24-11-5-2-6-12-24)36-18-15-33-14-8-7-13-26(33)28(36)19-25-27(33)20-29(31-30(25)34-16-17-35-31)38-21-23-9-3-1-4-10-23/h1-6,9-12,20,26,28,34-35H,7-8,13-19,21-22H2/t26-,28+,33+/m1/s1. The Balaban J connectivity index is 1.23. The van der Waals surface area contributed by atoms with Gasteiger partial charge in [-0.2, -0.15) is 0 Å². The van der Waals surface area contributed by atoms with Crippen LogP contribution in [0.25, 0.3) is 0 Å². The Kier molecular flexibility index (Phi) is 6.34. The number of likely N-dealkylation sites (tertiary alicyclic amines) is 1. The summed E-state index contributed by atoms with van der Waals surface area (Å²) in [5, 5.41) is 7.36. The molecule has 2 heterocycles. The van der Waals surface area contributed by atoms with Crippen molar-refractivity contribution in [2.75, 3.05) is 30.3 Å². The van der Waals surface area contributed by atoms with Gasteiger partial charge in [-0.05, 0) is 59.9 Å². The van der Waals surface area contributed by atoms with E-state index in [1.807, 2.05) is 36.4 Å². The lowest BCUT2D eigenvalue weighted by molar-refractivity contribution is -0.0136. The van der Waals surface area contributed by atoms with E-state index < -0.39 is 0 Å². The smallest absolute Gasteiger partial charge is 0.410 e. The molecule has 2 aliphatic heterocycles. The molecule has 0 aromatic heterocycles. The minimum Gasteiger partial charge on any atom is -0.487 e. The Bertz CT molecular complexity index is 1350. The van der Waals surface area contributed by atoms with Crippen molar-refractivity contribution in [2.45, 2.75) is 63.2 Å². The largest absolute Gasteiger partial charge is 0.487 e. The number of amides is 1. The number of anilines is 2. The molecule has 0 spiro atoms. The van der Waals surface area contributed by atoms with E-state index >= 15 is 0 Å². The lowest BCUT2D eigenvalue weighted by Crippen LogP contribution is -2.62. The number of piperidine rings is 1. The molecular weight excluding hydrogens is 486 g/mol. The second-order valence-electron chi connectivity index (χ2n) is 11.5. The predicted octanol–water partition coefficient (Wildman–Crippen LogP) is 6.50. The number of rotatable bonds is 5. The molecule has 2 N–H and O–H groups in total. The molecule has 3 aromatic carbocycles. The highest BCUT2D eigenvalue weighted by Crippen LogP contribution is 2.59. The number of ether oxygens (including phenoxy) is 2. The average Bonchev–Trinajstić information content (AvgIpc) is 3.00. The molecule has 0 unspecified atom stereocenters. The summed E-state index contributed by atoms with van der Waals surface area (Å²) < 4.78 is 12.4. The Morgan fingerprint density at radius 2 is 1.62 bits per heavy atom. The zero-order chi connectivity index (χ0) is 26.2. The van der Waals surface area contributed by atoms with E-state index in [1.54, 1.807) is 0 Å².